The Hall–Kier alpha value is -2.89. The van der Waals surface area contributed by atoms with Gasteiger partial charge in [-0.25, -0.2) is 9.97 Å². The van der Waals surface area contributed by atoms with Crippen LogP contribution in [0.25, 0.3) is 11.3 Å². The van der Waals surface area contributed by atoms with Crippen LogP contribution in [0.3, 0.4) is 0 Å². The molecule has 3 rings (SSSR count). The quantitative estimate of drug-likeness (QED) is 0.756. The Morgan fingerprint density at radius 1 is 1.08 bits per heavy atom. The summed E-state index contributed by atoms with van der Waals surface area (Å²) in [7, 11) is 4.06. The first-order chi connectivity index (χ1) is 11.6. The molecule has 0 atom stereocenters. The summed E-state index contributed by atoms with van der Waals surface area (Å²) in [5.41, 5.74) is 4.18. The number of rotatable bonds is 6. The summed E-state index contributed by atoms with van der Waals surface area (Å²) in [6.07, 6.45) is 3.75. The summed E-state index contributed by atoms with van der Waals surface area (Å²) in [6, 6.07) is 12.2. The van der Waals surface area contributed by atoms with Gasteiger partial charge in [0.25, 0.3) is 0 Å². The Morgan fingerprint density at radius 2 is 1.88 bits per heavy atom. The van der Waals surface area contributed by atoms with Gasteiger partial charge in [-0.1, -0.05) is 12.1 Å². The number of anilines is 2. The van der Waals surface area contributed by atoms with Gasteiger partial charge in [0.05, 0.1) is 17.9 Å². The van der Waals surface area contributed by atoms with E-state index >= 15 is 0 Å². The predicted molar refractivity (Wildman–Crippen MR) is 97.2 cm³/mol. The van der Waals surface area contributed by atoms with Crippen LogP contribution in [-0.2, 0) is 6.54 Å². The van der Waals surface area contributed by atoms with Gasteiger partial charge in [0.2, 0.25) is 5.95 Å². The van der Waals surface area contributed by atoms with E-state index in [1.54, 1.807) is 6.20 Å². The van der Waals surface area contributed by atoms with E-state index in [1.165, 1.54) is 5.69 Å². The van der Waals surface area contributed by atoms with Crippen molar-refractivity contribution in [3.05, 3.63) is 54.5 Å². The third-order valence-corrected chi connectivity index (χ3v) is 3.73. The maximum absolute atomic E-state index is 4.59. The molecule has 3 aromatic rings. The standard InChI is InChI=1S/C18H22N6/c1-14-9-12-24(22-14)13-11-20-18-19-10-8-17(21-18)15-4-6-16(7-5-15)23(2)3/h4-10,12H,11,13H2,1-3H3,(H,19,20,21). The summed E-state index contributed by atoms with van der Waals surface area (Å²) in [6.45, 7) is 3.49. The molecule has 1 N–H and O–H groups in total. The monoisotopic (exact) mass is 322 g/mol. The molecule has 0 amide bonds. The molecule has 1 aromatic carbocycles. The lowest BCUT2D eigenvalue weighted by Crippen LogP contribution is -2.13. The van der Waals surface area contributed by atoms with E-state index in [4.69, 9.17) is 0 Å². The summed E-state index contributed by atoms with van der Waals surface area (Å²) < 4.78 is 1.91. The number of hydrogen-bond donors (Lipinski definition) is 1. The first kappa shape index (κ1) is 16.0. The van der Waals surface area contributed by atoms with Crippen molar-refractivity contribution in [1.29, 1.82) is 0 Å². The van der Waals surface area contributed by atoms with Crippen molar-refractivity contribution in [2.24, 2.45) is 0 Å². The second-order valence-electron chi connectivity index (χ2n) is 5.85. The largest absolute Gasteiger partial charge is 0.378 e. The zero-order valence-electron chi connectivity index (χ0n) is 14.3. The number of aromatic nitrogens is 4. The van der Waals surface area contributed by atoms with Crippen LogP contribution in [0.2, 0.25) is 0 Å². The van der Waals surface area contributed by atoms with E-state index in [0.717, 1.165) is 30.0 Å². The maximum atomic E-state index is 4.59. The number of hydrogen-bond acceptors (Lipinski definition) is 5. The Labute approximate surface area is 142 Å². The third-order valence-electron chi connectivity index (χ3n) is 3.73. The van der Waals surface area contributed by atoms with Crippen molar-refractivity contribution in [1.82, 2.24) is 19.7 Å². The summed E-state index contributed by atoms with van der Waals surface area (Å²) >= 11 is 0. The first-order valence-electron chi connectivity index (χ1n) is 7.96. The highest BCUT2D eigenvalue weighted by atomic mass is 15.3. The van der Waals surface area contributed by atoms with Gasteiger partial charge in [0.1, 0.15) is 0 Å². The van der Waals surface area contributed by atoms with E-state index in [2.05, 4.69) is 49.5 Å². The average molecular weight is 322 g/mol. The van der Waals surface area contributed by atoms with Gasteiger partial charge in [-0.05, 0) is 31.2 Å². The molecule has 0 bridgehead atoms. The number of benzene rings is 1. The number of nitrogens with zero attached hydrogens (tertiary/aromatic N) is 5. The van der Waals surface area contributed by atoms with Gasteiger partial charge in [-0.3, -0.25) is 4.68 Å². The zero-order chi connectivity index (χ0) is 16.9. The van der Waals surface area contributed by atoms with Crippen LogP contribution in [-0.4, -0.2) is 40.4 Å². The Morgan fingerprint density at radius 3 is 2.54 bits per heavy atom. The lowest BCUT2D eigenvalue weighted by molar-refractivity contribution is 0.630. The first-order valence-corrected chi connectivity index (χ1v) is 7.96. The molecule has 0 aliphatic carbocycles. The van der Waals surface area contributed by atoms with Crippen LogP contribution in [0.15, 0.2) is 48.8 Å². The second kappa shape index (κ2) is 7.12. The van der Waals surface area contributed by atoms with Crippen LogP contribution in [0.1, 0.15) is 5.69 Å². The number of nitrogens with one attached hydrogen (secondary N) is 1. The molecule has 0 saturated heterocycles. The minimum absolute atomic E-state index is 0.632. The van der Waals surface area contributed by atoms with Gasteiger partial charge < -0.3 is 10.2 Å². The summed E-state index contributed by atoms with van der Waals surface area (Å²) in [5.74, 6) is 0.632. The summed E-state index contributed by atoms with van der Waals surface area (Å²) in [5, 5.41) is 7.61. The van der Waals surface area contributed by atoms with Crippen LogP contribution >= 0.6 is 0 Å². The zero-order valence-corrected chi connectivity index (χ0v) is 14.3. The molecule has 0 spiro atoms. The topological polar surface area (TPSA) is 58.9 Å². The smallest absolute Gasteiger partial charge is 0.223 e. The van der Waals surface area contributed by atoms with Gasteiger partial charge in [0, 0.05) is 44.3 Å². The fraction of sp³-hybridized carbons (Fsp3) is 0.278. The molecule has 0 fully saturated rings. The second-order valence-corrected chi connectivity index (χ2v) is 5.85. The van der Waals surface area contributed by atoms with Crippen molar-refractivity contribution >= 4 is 11.6 Å². The maximum Gasteiger partial charge on any atom is 0.223 e. The van der Waals surface area contributed by atoms with Gasteiger partial charge in [0.15, 0.2) is 0 Å². The molecule has 6 nitrogen and oxygen atoms in total. The fourth-order valence-corrected chi connectivity index (χ4v) is 2.40. The Bertz CT molecular complexity index is 791. The Balaban J connectivity index is 1.65. The van der Waals surface area contributed by atoms with E-state index in [9.17, 15) is 0 Å². The van der Waals surface area contributed by atoms with Crippen molar-refractivity contribution < 1.29 is 0 Å². The van der Waals surface area contributed by atoms with Crippen molar-refractivity contribution in [2.45, 2.75) is 13.5 Å². The normalized spacial score (nSPS) is 10.6. The molecule has 124 valence electrons. The SMILES string of the molecule is Cc1ccn(CCNc2nccc(-c3ccc(N(C)C)cc3)n2)n1. The molecular weight excluding hydrogens is 300 g/mol. The van der Waals surface area contributed by atoms with E-state index in [-0.39, 0.29) is 0 Å². The fourth-order valence-electron chi connectivity index (χ4n) is 2.40. The van der Waals surface area contributed by atoms with Gasteiger partial charge in [-0.2, -0.15) is 5.10 Å². The molecule has 24 heavy (non-hydrogen) atoms. The average Bonchev–Trinajstić information content (AvgIpc) is 3.00. The molecule has 2 heterocycles. The molecule has 0 unspecified atom stereocenters. The van der Waals surface area contributed by atoms with Crippen molar-refractivity contribution in [3.63, 3.8) is 0 Å². The Kier molecular flexibility index (Phi) is 4.74. The van der Waals surface area contributed by atoms with Crippen LogP contribution in [0, 0.1) is 6.92 Å². The molecule has 0 saturated carbocycles. The number of aryl methyl sites for hydroxylation is 1. The van der Waals surface area contributed by atoms with Crippen LogP contribution in [0.5, 0.6) is 0 Å². The highest BCUT2D eigenvalue weighted by molar-refractivity contribution is 5.63. The van der Waals surface area contributed by atoms with Gasteiger partial charge in [-0.15, -0.1) is 0 Å². The molecule has 0 aliphatic heterocycles. The minimum Gasteiger partial charge on any atom is -0.378 e. The van der Waals surface area contributed by atoms with Crippen LogP contribution < -0.4 is 10.2 Å². The lowest BCUT2D eigenvalue weighted by atomic mass is 10.1. The van der Waals surface area contributed by atoms with Crippen molar-refractivity contribution in [2.75, 3.05) is 30.9 Å². The van der Waals surface area contributed by atoms with Crippen molar-refractivity contribution in [3.8, 4) is 11.3 Å². The van der Waals surface area contributed by atoms with Crippen LogP contribution in [0.4, 0.5) is 11.6 Å². The third kappa shape index (κ3) is 3.90. The molecule has 0 aliphatic rings. The van der Waals surface area contributed by atoms with E-state index in [0.29, 0.717) is 5.95 Å². The van der Waals surface area contributed by atoms with E-state index < -0.39 is 0 Å². The summed E-state index contributed by atoms with van der Waals surface area (Å²) in [4.78, 5) is 11.0. The highest BCUT2D eigenvalue weighted by Crippen LogP contribution is 2.21. The molecule has 2 aromatic heterocycles. The van der Waals surface area contributed by atoms with Gasteiger partial charge >= 0.3 is 0 Å². The van der Waals surface area contributed by atoms with E-state index in [1.807, 2.05) is 44.0 Å². The minimum atomic E-state index is 0.632. The molecule has 6 heteroatoms. The molecular formula is C18H22N6. The molecule has 0 radical (unpaired) electrons. The highest BCUT2D eigenvalue weighted by Gasteiger charge is 2.03. The lowest BCUT2D eigenvalue weighted by Gasteiger charge is -2.12. The predicted octanol–water partition coefficient (Wildman–Crippen LogP) is 2.83.